The van der Waals surface area contributed by atoms with Crippen LogP contribution in [0, 0.1) is 18.6 Å². The second-order valence-corrected chi connectivity index (χ2v) is 4.85. The molecule has 1 aromatic carbocycles. The van der Waals surface area contributed by atoms with Gasteiger partial charge in [-0.3, -0.25) is 4.90 Å². The molecule has 0 bridgehead atoms. The van der Waals surface area contributed by atoms with Crippen LogP contribution in [0.4, 0.5) is 14.5 Å². The highest BCUT2D eigenvalue weighted by Gasteiger charge is 2.19. The fourth-order valence-electron chi connectivity index (χ4n) is 2.20. The lowest BCUT2D eigenvalue weighted by atomic mass is 10.2. The van der Waals surface area contributed by atoms with Crippen LogP contribution in [0.1, 0.15) is 12.5 Å². The van der Waals surface area contributed by atoms with Gasteiger partial charge in [-0.15, -0.1) is 0 Å². The van der Waals surface area contributed by atoms with Crippen molar-refractivity contribution in [1.29, 1.82) is 0 Å². The Morgan fingerprint density at radius 3 is 2.89 bits per heavy atom. The number of hydrogen-bond acceptors (Lipinski definition) is 3. The van der Waals surface area contributed by atoms with E-state index in [9.17, 15) is 8.78 Å². The average molecular weight is 270 g/mol. The summed E-state index contributed by atoms with van der Waals surface area (Å²) in [6.45, 7) is 7.55. The van der Waals surface area contributed by atoms with Gasteiger partial charge in [-0.25, -0.2) is 8.78 Å². The number of likely N-dealkylation sites (N-methyl/N-ethyl adjacent to an activating group) is 1. The number of nitrogens with zero attached hydrogens (tertiary/aromatic N) is 1. The van der Waals surface area contributed by atoms with Crippen LogP contribution in [0.5, 0.6) is 0 Å². The molecule has 2 rings (SSSR count). The number of anilines is 1. The van der Waals surface area contributed by atoms with Crippen molar-refractivity contribution < 1.29 is 13.5 Å². The number of benzene rings is 1. The molecule has 0 aromatic heterocycles. The fourth-order valence-corrected chi connectivity index (χ4v) is 2.20. The van der Waals surface area contributed by atoms with Gasteiger partial charge in [0.15, 0.2) is 0 Å². The SMILES string of the molecule is CCN1CCOC(CNc2cc(F)c(C)cc2F)C1. The quantitative estimate of drug-likeness (QED) is 0.909. The minimum atomic E-state index is -0.429. The molecule has 1 fully saturated rings. The zero-order valence-corrected chi connectivity index (χ0v) is 11.4. The van der Waals surface area contributed by atoms with Gasteiger partial charge in [0.05, 0.1) is 18.4 Å². The number of ether oxygens (including phenoxy) is 1. The Balaban J connectivity index is 1.93. The van der Waals surface area contributed by atoms with E-state index in [2.05, 4.69) is 17.1 Å². The summed E-state index contributed by atoms with van der Waals surface area (Å²) >= 11 is 0. The smallest absolute Gasteiger partial charge is 0.146 e. The first-order valence-electron chi connectivity index (χ1n) is 6.63. The molecule has 19 heavy (non-hydrogen) atoms. The lowest BCUT2D eigenvalue weighted by Gasteiger charge is -2.32. The second kappa shape index (κ2) is 6.30. The highest BCUT2D eigenvalue weighted by atomic mass is 19.1. The number of aryl methyl sites for hydroxylation is 1. The van der Waals surface area contributed by atoms with Crippen molar-refractivity contribution in [2.24, 2.45) is 0 Å². The summed E-state index contributed by atoms with van der Waals surface area (Å²) in [6.07, 6.45) is 0.0115. The van der Waals surface area contributed by atoms with Gasteiger partial charge in [-0.05, 0) is 25.1 Å². The lowest BCUT2D eigenvalue weighted by Crippen LogP contribution is -2.45. The molecular weight excluding hydrogens is 250 g/mol. The Kier molecular flexibility index (Phi) is 4.71. The molecule has 1 heterocycles. The molecule has 0 amide bonds. The largest absolute Gasteiger partial charge is 0.380 e. The molecule has 0 aliphatic carbocycles. The topological polar surface area (TPSA) is 24.5 Å². The third kappa shape index (κ3) is 3.64. The standard InChI is InChI=1S/C14H20F2N2O/c1-3-18-4-5-19-11(9-18)8-17-14-7-12(15)10(2)6-13(14)16/h6-7,11,17H,3-5,8-9H2,1-2H3. The molecule has 3 nitrogen and oxygen atoms in total. The summed E-state index contributed by atoms with van der Waals surface area (Å²) in [7, 11) is 0. The summed E-state index contributed by atoms with van der Waals surface area (Å²) in [5.74, 6) is -0.828. The number of rotatable bonds is 4. The average Bonchev–Trinajstić information content (AvgIpc) is 2.41. The van der Waals surface area contributed by atoms with Crippen molar-refractivity contribution in [2.45, 2.75) is 20.0 Å². The molecule has 5 heteroatoms. The second-order valence-electron chi connectivity index (χ2n) is 4.85. The van der Waals surface area contributed by atoms with E-state index in [1.165, 1.54) is 12.1 Å². The zero-order valence-electron chi connectivity index (χ0n) is 11.4. The van der Waals surface area contributed by atoms with Gasteiger partial charge >= 0.3 is 0 Å². The lowest BCUT2D eigenvalue weighted by molar-refractivity contribution is -0.0192. The molecule has 106 valence electrons. The Labute approximate surface area is 112 Å². The third-order valence-corrected chi connectivity index (χ3v) is 3.44. The predicted molar refractivity (Wildman–Crippen MR) is 71.4 cm³/mol. The van der Waals surface area contributed by atoms with E-state index >= 15 is 0 Å². The van der Waals surface area contributed by atoms with Crippen molar-refractivity contribution in [2.75, 3.05) is 38.1 Å². The van der Waals surface area contributed by atoms with Gasteiger partial charge in [0, 0.05) is 25.7 Å². The summed E-state index contributed by atoms with van der Waals surface area (Å²) in [6, 6.07) is 2.41. The maximum Gasteiger partial charge on any atom is 0.146 e. The van der Waals surface area contributed by atoms with Crippen molar-refractivity contribution in [1.82, 2.24) is 4.90 Å². The van der Waals surface area contributed by atoms with E-state index < -0.39 is 11.6 Å². The Bertz CT molecular complexity index is 440. The number of morpholine rings is 1. The van der Waals surface area contributed by atoms with E-state index in [-0.39, 0.29) is 11.8 Å². The highest BCUT2D eigenvalue weighted by molar-refractivity contribution is 5.47. The molecule has 1 unspecified atom stereocenters. The summed E-state index contributed by atoms with van der Waals surface area (Å²) < 4.78 is 32.6. The molecule has 1 atom stereocenters. The van der Waals surface area contributed by atoms with Gasteiger partial charge in [-0.1, -0.05) is 6.92 Å². The van der Waals surface area contributed by atoms with Gasteiger partial charge in [0.2, 0.25) is 0 Å². The van der Waals surface area contributed by atoms with Crippen LogP contribution in [0.15, 0.2) is 12.1 Å². The molecule has 1 aliphatic heterocycles. The molecule has 0 saturated carbocycles. The van der Waals surface area contributed by atoms with Crippen molar-refractivity contribution in [3.63, 3.8) is 0 Å². The number of halogens is 2. The Hall–Kier alpha value is -1.20. The van der Waals surface area contributed by atoms with Crippen LogP contribution in [0.2, 0.25) is 0 Å². The molecule has 1 N–H and O–H groups in total. The van der Waals surface area contributed by atoms with E-state index in [1.807, 2.05) is 0 Å². The van der Waals surface area contributed by atoms with E-state index in [0.717, 1.165) is 19.6 Å². The van der Waals surface area contributed by atoms with Crippen LogP contribution in [-0.2, 0) is 4.74 Å². The maximum atomic E-state index is 13.6. The third-order valence-electron chi connectivity index (χ3n) is 3.44. The minimum absolute atomic E-state index is 0.0115. The van der Waals surface area contributed by atoms with E-state index in [4.69, 9.17) is 4.74 Å². The summed E-state index contributed by atoms with van der Waals surface area (Å²) in [4.78, 5) is 2.28. The van der Waals surface area contributed by atoms with Crippen molar-refractivity contribution in [3.05, 3.63) is 29.3 Å². The van der Waals surface area contributed by atoms with Gasteiger partial charge in [0.25, 0.3) is 0 Å². The van der Waals surface area contributed by atoms with Crippen molar-refractivity contribution in [3.8, 4) is 0 Å². The molecule has 0 radical (unpaired) electrons. The normalized spacial score (nSPS) is 20.5. The van der Waals surface area contributed by atoms with E-state index in [0.29, 0.717) is 18.7 Å². The van der Waals surface area contributed by atoms with Crippen LogP contribution in [0.25, 0.3) is 0 Å². The van der Waals surface area contributed by atoms with Crippen LogP contribution >= 0.6 is 0 Å². The first kappa shape index (κ1) is 14.2. The molecule has 1 aliphatic rings. The minimum Gasteiger partial charge on any atom is -0.380 e. The molecule has 0 spiro atoms. The van der Waals surface area contributed by atoms with Crippen LogP contribution in [0.3, 0.4) is 0 Å². The highest BCUT2D eigenvalue weighted by Crippen LogP contribution is 2.19. The Morgan fingerprint density at radius 1 is 1.37 bits per heavy atom. The number of hydrogen-bond donors (Lipinski definition) is 1. The molecular formula is C14H20F2N2O. The summed E-state index contributed by atoms with van der Waals surface area (Å²) in [5.41, 5.74) is 0.509. The van der Waals surface area contributed by atoms with Gasteiger partial charge in [-0.2, -0.15) is 0 Å². The zero-order chi connectivity index (χ0) is 13.8. The Morgan fingerprint density at radius 2 is 2.16 bits per heavy atom. The first-order valence-corrected chi connectivity index (χ1v) is 6.63. The molecule has 1 aromatic rings. The van der Waals surface area contributed by atoms with Crippen LogP contribution in [-0.4, -0.2) is 43.8 Å². The number of nitrogens with one attached hydrogen (secondary N) is 1. The fraction of sp³-hybridized carbons (Fsp3) is 0.571. The first-order chi connectivity index (χ1) is 9.10. The van der Waals surface area contributed by atoms with Crippen LogP contribution < -0.4 is 5.32 Å². The summed E-state index contributed by atoms with van der Waals surface area (Å²) in [5, 5.41) is 2.93. The van der Waals surface area contributed by atoms with Crippen molar-refractivity contribution >= 4 is 5.69 Å². The van der Waals surface area contributed by atoms with E-state index in [1.54, 1.807) is 6.92 Å². The monoisotopic (exact) mass is 270 g/mol. The predicted octanol–water partition coefficient (Wildman–Crippen LogP) is 2.41. The molecule has 1 saturated heterocycles. The van der Waals surface area contributed by atoms with Gasteiger partial charge < -0.3 is 10.1 Å². The maximum absolute atomic E-state index is 13.6. The van der Waals surface area contributed by atoms with Gasteiger partial charge in [0.1, 0.15) is 11.6 Å².